The quantitative estimate of drug-likeness (QED) is 0.574. The molecule has 9 heteroatoms. The smallest absolute Gasteiger partial charge is 0.390 e. The Morgan fingerprint density at radius 3 is 3.00 bits per heavy atom. The highest BCUT2D eigenvalue weighted by Gasteiger charge is 2.13. The monoisotopic (exact) mass is 348 g/mol. The average molecular weight is 349 g/mol. The summed E-state index contributed by atoms with van der Waals surface area (Å²) in [4.78, 5) is 17.8. The third-order valence-electron chi connectivity index (χ3n) is 2.79. The molecule has 0 bridgehead atoms. The zero-order chi connectivity index (χ0) is 14.8. The Labute approximate surface area is 127 Å². The molecule has 0 spiro atoms. The number of anilines is 1. The number of aromatic nitrogens is 4. The molecule has 2 heterocycles. The highest BCUT2D eigenvalue weighted by molar-refractivity contribution is 9.10. The number of nitrogens with zero attached hydrogens (tertiary/aromatic N) is 5. The maximum atomic E-state index is 10.5. The van der Waals surface area contributed by atoms with E-state index in [4.69, 9.17) is 0 Å². The van der Waals surface area contributed by atoms with Crippen LogP contribution in [0.2, 0.25) is 0 Å². The van der Waals surface area contributed by atoms with Gasteiger partial charge in [-0.05, 0) is 23.1 Å². The van der Waals surface area contributed by atoms with Crippen molar-refractivity contribution in [2.45, 2.75) is 6.67 Å². The number of rotatable bonds is 4. The highest BCUT2D eigenvalue weighted by Crippen LogP contribution is 2.26. The minimum Gasteiger partial charge on any atom is -0.390 e. The fourth-order valence-corrected chi connectivity index (χ4v) is 2.38. The molecule has 1 aromatic carbocycles. The Hall–Kier alpha value is -2.55. The topological polar surface area (TPSA) is 98.8 Å². The lowest BCUT2D eigenvalue weighted by Gasteiger charge is -2.08. The van der Waals surface area contributed by atoms with Crippen LogP contribution >= 0.6 is 15.9 Å². The molecule has 0 atom stereocenters. The minimum atomic E-state index is -0.632. The standard InChI is InChI=1S/C12H9BrN6O2/c13-9-4-8-2-1-3-14-11(8)10(5-9)15-6-18-7-16-12(17-18)19(20)21/h1-5,7,15H,6H2. The zero-order valence-corrected chi connectivity index (χ0v) is 12.2. The number of hydrogen-bond donors (Lipinski definition) is 1. The molecule has 21 heavy (non-hydrogen) atoms. The Kier molecular flexibility index (Phi) is 3.48. The largest absolute Gasteiger partial charge is 0.491 e. The molecule has 106 valence electrons. The minimum absolute atomic E-state index is 0.253. The summed E-state index contributed by atoms with van der Waals surface area (Å²) in [5, 5.41) is 18.4. The first kappa shape index (κ1) is 13.4. The van der Waals surface area contributed by atoms with Crippen molar-refractivity contribution in [3.8, 4) is 0 Å². The number of fused-ring (bicyclic) bond motifs is 1. The number of halogens is 1. The molecule has 3 rings (SSSR count). The average Bonchev–Trinajstić information content (AvgIpc) is 2.93. The van der Waals surface area contributed by atoms with Crippen LogP contribution in [-0.2, 0) is 6.67 Å². The van der Waals surface area contributed by atoms with E-state index in [1.165, 1.54) is 11.0 Å². The second-order valence-corrected chi connectivity index (χ2v) is 5.12. The van der Waals surface area contributed by atoms with E-state index in [2.05, 4.69) is 36.3 Å². The highest BCUT2D eigenvalue weighted by atomic mass is 79.9. The molecule has 0 aliphatic rings. The predicted molar refractivity (Wildman–Crippen MR) is 79.7 cm³/mol. The second kappa shape index (κ2) is 5.44. The van der Waals surface area contributed by atoms with Crippen LogP contribution in [0.3, 0.4) is 0 Å². The number of hydrogen-bond acceptors (Lipinski definition) is 6. The van der Waals surface area contributed by atoms with Crippen molar-refractivity contribution in [2.24, 2.45) is 0 Å². The van der Waals surface area contributed by atoms with E-state index < -0.39 is 10.9 Å². The number of nitrogens with one attached hydrogen (secondary N) is 1. The molecule has 1 N–H and O–H groups in total. The number of benzene rings is 1. The number of nitro groups is 1. The molecular weight excluding hydrogens is 340 g/mol. The van der Waals surface area contributed by atoms with Crippen LogP contribution in [0.25, 0.3) is 10.9 Å². The molecule has 0 saturated carbocycles. The fraction of sp³-hybridized carbons (Fsp3) is 0.0833. The van der Waals surface area contributed by atoms with Gasteiger partial charge in [-0.2, -0.15) is 4.68 Å². The van der Waals surface area contributed by atoms with Gasteiger partial charge in [0.15, 0.2) is 0 Å². The zero-order valence-electron chi connectivity index (χ0n) is 10.6. The van der Waals surface area contributed by atoms with Gasteiger partial charge in [-0.25, -0.2) is 0 Å². The summed E-state index contributed by atoms with van der Waals surface area (Å²) in [6, 6.07) is 7.67. The Balaban J connectivity index is 1.86. The van der Waals surface area contributed by atoms with Gasteiger partial charge in [0.25, 0.3) is 0 Å². The maximum absolute atomic E-state index is 10.5. The van der Waals surface area contributed by atoms with E-state index in [9.17, 15) is 10.1 Å². The molecular formula is C12H9BrN6O2. The summed E-state index contributed by atoms with van der Waals surface area (Å²) >= 11 is 3.44. The van der Waals surface area contributed by atoms with Gasteiger partial charge in [0, 0.05) is 21.2 Å². The molecule has 3 aromatic rings. The normalized spacial score (nSPS) is 10.7. The van der Waals surface area contributed by atoms with E-state index in [-0.39, 0.29) is 6.67 Å². The lowest BCUT2D eigenvalue weighted by molar-refractivity contribution is -0.394. The first-order chi connectivity index (χ1) is 10.1. The van der Waals surface area contributed by atoms with Crippen LogP contribution in [0, 0.1) is 10.1 Å². The lowest BCUT2D eigenvalue weighted by Crippen LogP contribution is -2.09. The summed E-state index contributed by atoms with van der Waals surface area (Å²) in [6.07, 6.45) is 3.01. The van der Waals surface area contributed by atoms with E-state index >= 15 is 0 Å². The van der Waals surface area contributed by atoms with Crippen LogP contribution < -0.4 is 5.32 Å². The third kappa shape index (κ3) is 2.82. The van der Waals surface area contributed by atoms with Crippen LogP contribution in [0.1, 0.15) is 0 Å². The number of pyridine rings is 1. The Bertz CT molecular complexity index is 818. The van der Waals surface area contributed by atoms with Gasteiger partial charge in [-0.15, -0.1) is 0 Å². The van der Waals surface area contributed by atoms with E-state index in [1.807, 2.05) is 24.3 Å². The van der Waals surface area contributed by atoms with E-state index in [1.54, 1.807) is 6.20 Å². The third-order valence-corrected chi connectivity index (χ3v) is 3.25. The Morgan fingerprint density at radius 2 is 2.24 bits per heavy atom. The fourth-order valence-electron chi connectivity index (χ4n) is 1.90. The first-order valence-electron chi connectivity index (χ1n) is 5.95. The van der Waals surface area contributed by atoms with Gasteiger partial charge >= 0.3 is 5.95 Å². The summed E-state index contributed by atoms with van der Waals surface area (Å²) in [6.45, 7) is 0.253. The predicted octanol–water partition coefficient (Wildman–Crippen LogP) is 2.57. The molecule has 0 aliphatic carbocycles. The molecule has 0 aliphatic heterocycles. The first-order valence-corrected chi connectivity index (χ1v) is 6.75. The van der Waals surface area contributed by atoms with Crippen LogP contribution in [0.4, 0.5) is 11.6 Å². The van der Waals surface area contributed by atoms with Gasteiger partial charge < -0.3 is 15.4 Å². The molecule has 0 unspecified atom stereocenters. The van der Waals surface area contributed by atoms with Gasteiger partial charge in [0.05, 0.1) is 11.2 Å². The van der Waals surface area contributed by atoms with Crippen molar-refractivity contribution in [3.05, 3.63) is 51.4 Å². The summed E-state index contributed by atoms with van der Waals surface area (Å²) in [5.74, 6) is -0.422. The maximum Gasteiger partial charge on any atom is 0.491 e. The van der Waals surface area contributed by atoms with Crippen LogP contribution in [0.5, 0.6) is 0 Å². The van der Waals surface area contributed by atoms with Gasteiger partial charge in [-0.3, -0.25) is 4.98 Å². The van der Waals surface area contributed by atoms with Crippen LogP contribution in [-0.4, -0.2) is 24.7 Å². The second-order valence-electron chi connectivity index (χ2n) is 4.20. The van der Waals surface area contributed by atoms with Crippen molar-refractivity contribution < 1.29 is 4.92 Å². The van der Waals surface area contributed by atoms with E-state index in [0.717, 1.165) is 21.1 Å². The molecule has 8 nitrogen and oxygen atoms in total. The van der Waals surface area contributed by atoms with Crippen molar-refractivity contribution in [1.29, 1.82) is 0 Å². The Morgan fingerprint density at radius 1 is 1.38 bits per heavy atom. The SMILES string of the molecule is O=[N+]([O-])c1ncn(CNc2cc(Br)cc3cccnc23)n1. The summed E-state index contributed by atoms with van der Waals surface area (Å²) < 4.78 is 2.27. The van der Waals surface area contributed by atoms with E-state index in [0.29, 0.717) is 0 Å². The summed E-state index contributed by atoms with van der Waals surface area (Å²) in [5.41, 5.74) is 1.62. The van der Waals surface area contributed by atoms with Crippen LogP contribution in [0.15, 0.2) is 41.3 Å². The van der Waals surface area contributed by atoms with Gasteiger partial charge in [0.1, 0.15) is 6.67 Å². The van der Waals surface area contributed by atoms with Gasteiger partial charge in [0.2, 0.25) is 6.33 Å². The molecule has 0 fully saturated rings. The van der Waals surface area contributed by atoms with Gasteiger partial charge in [-0.1, -0.05) is 27.0 Å². The molecule has 0 radical (unpaired) electrons. The van der Waals surface area contributed by atoms with Crippen molar-refractivity contribution in [2.75, 3.05) is 5.32 Å². The summed E-state index contributed by atoms with van der Waals surface area (Å²) in [7, 11) is 0. The van der Waals surface area contributed by atoms with Crippen molar-refractivity contribution >= 4 is 38.5 Å². The van der Waals surface area contributed by atoms with Crippen molar-refractivity contribution in [3.63, 3.8) is 0 Å². The molecule has 0 amide bonds. The molecule has 0 saturated heterocycles. The lowest BCUT2D eigenvalue weighted by atomic mass is 10.2. The van der Waals surface area contributed by atoms with Crippen molar-refractivity contribution in [1.82, 2.24) is 19.7 Å². The molecule has 2 aromatic heterocycles.